The van der Waals surface area contributed by atoms with Crippen molar-refractivity contribution >= 4 is 11.6 Å². The van der Waals surface area contributed by atoms with Gasteiger partial charge in [0.25, 0.3) is 5.91 Å². The number of ether oxygens (including phenoxy) is 1. The summed E-state index contributed by atoms with van der Waals surface area (Å²) in [5.74, 6) is 0.631. The first-order valence-electron chi connectivity index (χ1n) is 8.97. The molecule has 134 valence electrons. The Morgan fingerprint density at radius 3 is 1.93 bits per heavy atom. The smallest absolute Gasteiger partial charge is 0.254 e. The molecule has 0 bridgehead atoms. The lowest BCUT2D eigenvalue weighted by molar-refractivity contribution is -0.114. The second-order valence-electron chi connectivity index (χ2n) is 6.64. The molecule has 1 aliphatic heterocycles. The minimum Gasteiger partial charge on any atom is -0.497 e. The van der Waals surface area contributed by atoms with Gasteiger partial charge in [0.05, 0.1) is 13.2 Å². The van der Waals surface area contributed by atoms with E-state index in [0.29, 0.717) is 5.57 Å². The predicted molar refractivity (Wildman–Crippen MR) is 108 cm³/mol. The number of hydrogen-bond donors (Lipinski definition) is 0. The van der Waals surface area contributed by atoms with Crippen molar-refractivity contribution in [1.29, 1.82) is 0 Å². The molecule has 1 aliphatic rings. The van der Waals surface area contributed by atoms with Crippen molar-refractivity contribution < 1.29 is 9.53 Å². The van der Waals surface area contributed by atoms with Crippen LogP contribution in [-0.2, 0) is 4.79 Å². The van der Waals surface area contributed by atoms with Gasteiger partial charge in [0.1, 0.15) is 5.75 Å². The number of anilines is 1. The molecule has 0 saturated carbocycles. The van der Waals surface area contributed by atoms with Crippen LogP contribution >= 0.6 is 0 Å². The van der Waals surface area contributed by atoms with E-state index in [9.17, 15) is 4.79 Å². The quantitative estimate of drug-likeness (QED) is 0.608. The Hall–Kier alpha value is -3.33. The number of rotatable bonds is 4. The second kappa shape index (κ2) is 7.12. The molecule has 1 fully saturated rings. The summed E-state index contributed by atoms with van der Waals surface area (Å²) in [5.41, 5.74) is 3.65. The topological polar surface area (TPSA) is 29.5 Å². The highest BCUT2D eigenvalue weighted by Crippen LogP contribution is 2.48. The highest BCUT2D eigenvalue weighted by Gasteiger charge is 2.45. The van der Waals surface area contributed by atoms with Crippen molar-refractivity contribution in [2.45, 2.75) is 12.0 Å². The van der Waals surface area contributed by atoms with Crippen LogP contribution < -0.4 is 9.64 Å². The molecule has 3 nitrogen and oxygen atoms in total. The molecule has 1 saturated heterocycles. The van der Waals surface area contributed by atoms with Gasteiger partial charge in [-0.25, -0.2) is 0 Å². The van der Waals surface area contributed by atoms with Crippen molar-refractivity contribution in [2.75, 3.05) is 12.0 Å². The lowest BCUT2D eigenvalue weighted by Gasteiger charge is -2.28. The molecule has 1 heterocycles. The molecule has 0 aromatic heterocycles. The van der Waals surface area contributed by atoms with Gasteiger partial charge >= 0.3 is 0 Å². The van der Waals surface area contributed by atoms with Crippen LogP contribution in [0.1, 0.15) is 23.1 Å². The van der Waals surface area contributed by atoms with Crippen molar-refractivity contribution in [3.63, 3.8) is 0 Å². The van der Waals surface area contributed by atoms with Crippen molar-refractivity contribution in [3.8, 4) is 5.75 Å². The Balaban J connectivity index is 1.85. The molecule has 27 heavy (non-hydrogen) atoms. The zero-order valence-electron chi connectivity index (χ0n) is 15.2. The molecular weight excluding hydrogens is 334 g/mol. The van der Waals surface area contributed by atoms with Crippen LogP contribution in [0.15, 0.2) is 97.1 Å². The average molecular weight is 355 g/mol. The maximum atomic E-state index is 13.2. The van der Waals surface area contributed by atoms with Crippen LogP contribution in [0.2, 0.25) is 0 Å². The predicted octanol–water partition coefficient (Wildman–Crippen LogP) is 5.12. The van der Waals surface area contributed by atoms with E-state index in [0.717, 1.165) is 22.6 Å². The van der Waals surface area contributed by atoms with Crippen molar-refractivity contribution in [2.24, 2.45) is 0 Å². The summed E-state index contributed by atoms with van der Waals surface area (Å²) in [6, 6.07) is 27.8. The van der Waals surface area contributed by atoms with E-state index in [2.05, 4.69) is 30.8 Å². The summed E-state index contributed by atoms with van der Waals surface area (Å²) >= 11 is 0. The molecule has 0 unspecified atom stereocenters. The number of hydrogen-bond acceptors (Lipinski definition) is 2. The molecule has 3 aromatic carbocycles. The van der Waals surface area contributed by atoms with Crippen LogP contribution in [0, 0.1) is 0 Å². The van der Waals surface area contributed by atoms with E-state index in [1.807, 2.05) is 65.6 Å². The van der Waals surface area contributed by atoms with E-state index in [-0.39, 0.29) is 17.9 Å². The third-order valence-corrected chi connectivity index (χ3v) is 5.11. The SMILES string of the molecule is C=C1C(=O)N(c2ccc(OC)cc2)[C@H](c2ccccc2)[C@@H]1c1ccccc1. The standard InChI is InChI=1S/C24H21NO2/c1-17-22(18-9-5-3-6-10-18)23(19-11-7-4-8-12-19)25(24(17)26)20-13-15-21(27-2)16-14-20/h3-16,22-23H,1H2,2H3/t22-,23+/m0/s1. The third kappa shape index (κ3) is 3.02. The van der Waals surface area contributed by atoms with Gasteiger partial charge in [-0.05, 0) is 35.4 Å². The summed E-state index contributed by atoms with van der Waals surface area (Å²) in [4.78, 5) is 15.1. The largest absolute Gasteiger partial charge is 0.497 e. The van der Waals surface area contributed by atoms with Crippen LogP contribution in [0.5, 0.6) is 5.75 Å². The monoisotopic (exact) mass is 355 g/mol. The Morgan fingerprint density at radius 2 is 1.37 bits per heavy atom. The second-order valence-corrected chi connectivity index (χ2v) is 6.64. The minimum absolute atomic E-state index is 0.0390. The van der Waals surface area contributed by atoms with Gasteiger partial charge in [0.2, 0.25) is 0 Å². The average Bonchev–Trinajstić information content (AvgIpc) is 3.00. The molecule has 4 rings (SSSR count). The van der Waals surface area contributed by atoms with E-state index in [1.54, 1.807) is 7.11 Å². The fourth-order valence-electron chi connectivity index (χ4n) is 3.81. The molecule has 3 aromatic rings. The maximum Gasteiger partial charge on any atom is 0.254 e. The van der Waals surface area contributed by atoms with Gasteiger partial charge in [-0.3, -0.25) is 4.79 Å². The van der Waals surface area contributed by atoms with Gasteiger partial charge in [-0.2, -0.15) is 0 Å². The third-order valence-electron chi connectivity index (χ3n) is 5.11. The maximum absolute atomic E-state index is 13.2. The minimum atomic E-state index is -0.137. The molecule has 0 spiro atoms. The van der Waals surface area contributed by atoms with E-state index in [1.165, 1.54) is 0 Å². The van der Waals surface area contributed by atoms with Crippen molar-refractivity contribution in [3.05, 3.63) is 108 Å². The molecule has 2 atom stereocenters. The molecule has 3 heteroatoms. The number of carbonyl (C=O) groups excluding carboxylic acids is 1. The van der Waals surface area contributed by atoms with E-state index >= 15 is 0 Å². The van der Waals surface area contributed by atoms with Gasteiger partial charge in [-0.1, -0.05) is 67.2 Å². The molecule has 0 N–H and O–H groups in total. The Morgan fingerprint density at radius 1 is 0.815 bits per heavy atom. The van der Waals surface area contributed by atoms with Gasteiger partial charge < -0.3 is 9.64 Å². The van der Waals surface area contributed by atoms with E-state index in [4.69, 9.17) is 4.74 Å². The first kappa shape index (κ1) is 17.1. The number of carbonyl (C=O) groups is 1. The van der Waals surface area contributed by atoms with Crippen LogP contribution in [0.25, 0.3) is 0 Å². The summed E-state index contributed by atoms with van der Waals surface area (Å²) in [6.45, 7) is 4.16. The molecule has 1 amide bonds. The van der Waals surface area contributed by atoms with Gasteiger partial charge in [0, 0.05) is 17.2 Å². The van der Waals surface area contributed by atoms with Gasteiger partial charge in [-0.15, -0.1) is 0 Å². The first-order chi connectivity index (χ1) is 13.2. The molecule has 0 aliphatic carbocycles. The number of benzene rings is 3. The van der Waals surface area contributed by atoms with Crippen LogP contribution in [0.4, 0.5) is 5.69 Å². The zero-order chi connectivity index (χ0) is 18.8. The Labute approximate surface area is 159 Å². The molecule has 0 radical (unpaired) electrons. The fraction of sp³-hybridized carbons (Fsp3) is 0.125. The van der Waals surface area contributed by atoms with Crippen LogP contribution in [0.3, 0.4) is 0 Å². The van der Waals surface area contributed by atoms with E-state index < -0.39 is 0 Å². The summed E-state index contributed by atoms with van der Waals surface area (Å²) in [5, 5.41) is 0. The highest BCUT2D eigenvalue weighted by atomic mass is 16.5. The number of amides is 1. The number of methoxy groups -OCH3 is 1. The first-order valence-corrected chi connectivity index (χ1v) is 8.97. The normalized spacial score (nSPS) is 19.4. The van der Waals surface area contributed by atoms with Crippen molar-refractivity contribution in [1.82, 2.24) is 0 Å². The Bertz CT molecular complexity index is 949. The molecular formula is C24H21NO2. The highest BCUT2D eigenvalue weighted by molar-refractivity contribution is 6.10. The summed E-state index contributed by atoms with van der Waals surface area (Å²) < 4.78 is 5.26. The Kier molecular flexibility index (Phi) is 4.51. The zero-order valence-corrected chi connectivity index (χ0v) is 15.2. The van der Waals surface area contributed by atoms with Gasteiger partial charge in [0.15, 0.2) is 0 Å². The summed E-state index contributed by atoms with van der Waals surface area (Å²) in [6.07, 6.45) is 0. The number of nitrogens with zero attached hydrogens (tertiary/aromatic N) is 1. The van der Waals surface area contributed by atoms with Crippen LogP contribution in [-0.4, -0.2) is 13.0 Å². The lowest BCUT2D eigenvalue weighted by atomic mass is 9.85. The fourth-order valence-corrected chi connectivity index (χ4v) is 3.81. The lowest BCUT2D eigenvalue weighted by Crippen LogP contribution is -2.28. The summed E-state index contributed by atoms with van der Waals surface area (Å²) in [7, 11) is 1.63.